The lowest BCUT2D eigenvalue weighted by molar-refractivity contribution is -0.156. The predicted molar refractivity (Wildman–Crippen MR) is 108 cm³/mol. The van der Waals surface area contributed by atoms with Gasteiger partial charge in [-0.05, 0) is 24.8 Å². The van der Waals surface area contributed by atoms with E-state index in [2.05, 4.69) is 6.58 Å². The number of hydrogen-bond donors (Lipinski definition) is 1. The highest BCUT2D eigenvalue weighted by Crippen LogP contribution is 2.18. The number of ether oxygens (including phenoxy) is 1. The zero-order valence-corrected chi connectivity index (χ0v) is 17.0. The second-order valence-electron chi connectivity index (χ2n) is 7.16. The van der Waals surface area contributed by atoms with E-state index in [0.717, 1.165) is 5.56 Å². The van der Waals surface area contributed by atoms with Crippen molar-refractivity contribution in [2.45, 2.75) is 46.1 Å². The lowest BCUT2D eigenvalue weighted by Crippen LogP contribution is -2.49. The van der Waals surface area contributed by atoms with Crippen LogP contribution >= 0.6 is 0 Å². The number of rotatable bonds is 12. The zero-order chi connectivity index (χ0) is 21.1. The van der Waals surface area contributed by atoms with Gasteiger partial charge in [0.25, 0.3) is 0 Å². The molecule has 0 fully saturated rings. The summed E-state index contributed by atoms with van der Waals surface area (Å²) in [4.78, 5) is 38.6. The van der Waals surface area contributed by atoms with Crippen LogP contribution in [0.2, 0.25) is 0 Å². The molecule has 6 nitrogen and oxygen atoms in total. The molecule has 0 saturated carbocycles. The molecule has 28 heavy (non-hydrogen) atoms. The molecule has 0 unspecified atom stereocenters. The van der Waals surface area contributed by atoms with E-state index in [4.69, 9.17) is 4.74 Å². The maximum Gasteiger partial charge on any atom is 0.329 e. The Kier molecular flexibility index (Phi) is 9.99. The fourth-order valence-corrected chi connectivity index (χ4v) is 2.99. The lowest BCUT2D eigenvalue weighted by Gasteiger charge is -2.32. The molecular weight excluding hydrogens is 358 g/mol. The van der Waals surface area contributed by atoms with Gasteiger partial charge in [0.2, 0.25) is 5.91 Å². The molecule has 0 aromatic heterocycles. The van der Waals surface area contributed by atoms with Crippen molar-refractivity contribution in [2.24, 2.45) is 11.8 Å². The van der Waals surface area contributed by atoms with Crippen LogP contribution in [0.25, 0.3) is 0 Å². The molecule has 1 N–H and O–H groups in total. The molecule has 0 bridgehead atoms. The molecule has 6 heteroatoms. The van der Waals surface area contributed by atoms with Gasteiger partial charge in [-0.3, -0.25) is 9.59 Å². The minimum atomic E-state index is -1.05. The van der Waals surface area contributed by atoms with Gasteiger partial charge >= 0.3 is 11.9 Å². The average molecular weight is 389 g/mol. The summed E-state index contributed by atoms with van der Waals surface area (Å²) >= 11 is 0. The van der Waals surface area contributed by atoms with Crippen LogP contribution in [0.3, 0.4) is 0 Å². The largest absolute Gasteiger partial charge is 0.481 e. The van der Waals surface area contributed by atoms with E-state index in [1.54, 1.807) is 6.92 Å². The Morgan fingerprint density at radius 2 is 1.86 bits per heavy atom. The summed E-state index contributed by atoms with van der Waals surface area (Å²) in [7, 11) is 0. The lowest BCUT2D eigenvalue weighted by atomic mass is 9.98. The van der Waals surface area contributed by atoms with Crippen molar-refractivity contribution < 1.29 is 24.2 Å². The standard InChI is InChI=1S/C22H31NO5/c1-5-10-18(21(25)26)14-20(24)23(15-16(3)4)19(22(27)28-6-2)13-17-11-8-7-9-12-17/h5,7-9,11-12,16,18-19H,1,6,10,13-15H2,2-4H3,(H,25,26)/t18-,19-/m0/s1. The third-order valence-corrected chi connectivity index (χ3v) is 4.31. The molecule has 1 aromatic rings. The highest BCUT2D eigenvalue weighted by atomic mass is 16.5. The maximum atomic E-state index is 13.0. The number of carboxylic acid groups (broad SMARTS) is 1. The quantitative estimate of drug-likeness (QED) is 0.438. The van der Waals surface area contributed by atoms with E-state index in [-0.39, 0.29) is 31.3 Å². The highest BCUT2D eigenvalue weighted by molar-refractivity contribution is 5.87. The molecule has 1 rings (SSSR count). The summed E-state index contributed by atoms with van der Waals surface area (Å²) in [6, 6.07) is 8.61. The number of hydrogen-bond acceptors (Lipinski definition) is 4. The summed E-state index contributed by atoms with van der Waals surface area (Å²) in [5.74, 6) is -2.64. The van der Waals surface area contributed by atoms with Crippen LogP contribution in [-0.4, -0.2) is 47.0 Å². The number of amides is 1. The van der Waals surface area contributed by atoms with Crippen molar-refractivity contribution in [1.82, 2.24) is 4.90 Å². The molecule has 0 heterocycles. The second-order valence-corrected chi connectivity index (χ2v) is 7.16. The van der Waals surface area contributed by atoms with Crippen molar-refractivity contribution in [3.8, 4) is 0 Å². The number of carbonyl (C=O) groups excluding carboxylic acids is 2. The third kappa shape index (κ3) is 7.55. The molecule has 1 aromatic carbocycles. The van der Waals surface area contributed by atoms with Crippen LogP contribution in [0, 0.1) is 11.8 Å². The van der Waals surface area contributed by atoms with Crippen molar-refractivity contribution >= 4 is 17.8 Å². The van der Waals surface area contributed by atoms with Gasteiger partial charge in [0, 0.05) is 19.4 Å². The molecule has 0 aliphatic rings. The molecule has 0 saturated heterocycles. The molecule has 0 spiro atoms. The fourth-order valence-electron chi connectivity index (χ4n) is 2.99. The molecular formula is C22H31NO5. The van der Waals surface area contributed by atoms with Gasteiger partial charge in [-0.15, -0.1) is 6.58 Å². The predicted octanol–water partition coefficient (Wildman–Crippen LogP) is 3.31. The first-order valence-electron chi connectivity index (χ1n) is 9.63. The normalized spacial score (nSPS) is 12.9. The van der Waals surface area contributed by atoms with Crippen LogP contribution in [0.4, 0.5) is 0 Å². The number of aliphatic carboxylic acids is 1. The smallest absolute Gasteiger partial charge is 0.329 e. The maximum absolute atomic E-state index is 13.0. The Hall–Kier alpha value is -2.63. The van der Waals surface area contributed by atoms with E-state index in [1.807, 2.05) is 44.2 Å². The summed E-state index contributed by atoms with van der Waals surface area (Å²) in [5.41, 5.74) is 0.906. The number of carbonyl (C=O) groups is 3. The molecule has 0 radical (unpaired) electrons. The van der Waals surface area contributed by atoms with Crippen LogP contribution in [0.1, 0.15) is 39.2 Å². The Bertz CT molecular complexity index is 656. The molecule has 154 valence electrons. The summed E-state index contributed by atoms with van der Waals surface area (Å²) in [6.07, 6.45) is 1.82. The van der Waals surface area contributed by atoms with E-state index in [9.17, 15) is 19.5 Å². The van der Waals surface area contributed by atoms with E-state index >= 15 is 0 Å². The Labute approximate surface area is 167 Å². The van der Waals surface area contributed by atoms with Gasteiger partial charge in [-0.2, -0.15) is 0 Å². The van der Waals surface area contributed by atoms with Gasteiger partial charge in [0.1, 0.15) is 6.04 Å². The van der Waals surface area contributed by atoms with E-state index < -0.39 is 23.9 Å². The van der Waals surface area contributed by atoms with Crippen LogP contribution in [-0.2, 0) is 25.5 Å². The van der Waals surface area contributed by atoms with Crippen LogP contribution in [0.15, 0.2) is 43.0 Å². The number of esters is 1. The van der Waals surface area contributed by atoms with Crippen molar-refractivity contribution in [1.29, 1.82) is 0 Å². The number of carboxylic acids is 1. The van der Waals surface area contributed by atoms with Gasteiger partial charge in [-0.1, -0.05) is 50.3 Å². The number of allylic oxidation sites excluding steroid dienone is 1. The van der Waals surface area contributed by atoms with Gasteiger partial charge in [0.15, 0.2) is 0 Å². The first-order chi connectivity index (χ1) is 13.3. The summed E-state index contributed by atoms with van der Waals surface area (Å²) in [6.45, 7) is 9.73. The Morgan fingerprint density at radius 1 is 1.21 bits per heavy atom. The minimum Gasteiger partial charge on any atom is -0.481 e. The molecule has 2 atom stereocenters. The summed E-state index contributed by atoms with van der Waals surface area (Å²) < 4.78 is 5.22. The van der Waals surface area contributed by atoms with Crippen molar-refractivity contribution in [2.75, 3.05) is 13.2 Å². The number of nitrogens with zero attached hydrogens (tertiary/aromatic N) is 1. The Balaban J connectivity index is 3.16. The van der Waals surface area contributed by atoms with Crippen LogP contribution in [0.5, 0.6) is 0 Å². The monoisotopic (exact) mass is 389 g/mol. The SMILES string of the molecule is C=CC[C@@H](CC(=O)N(CC(C)C)[C@@H](Cc1ccccc1)C(=O)OCC)C(=O)O. The first kappa shape index (κ1) is 23.4. The topological polar surface area (TPSA) is 83.9 Å². The Morgan fingerprint density at radius 3 is 2.36 bits per heavy atom. The first-order valence-corrected chi connectivity index (χ1v) is 9.63. The summed E-state index contributed by atoms with van der Waals surface area (Å²) in [5, 5.41) is 9.37. The third-order valence-electron chi connectivity index (χ3n) is 4.31. The van der Waals surface area contributed by atoms with Crippen molar-refractivity contribution in [3.63, 3.8) is 0 Å². The molecule has 0 aliphatic heterocycles. The van der Waals surface area contributed by atoms with Gasteiger partial charge in [-0.25, -0.2) is 4.79 Å². The second kappa shape index (κ2) is 12.0. The highest BCUT2D eigenvalue weighted by Gasteiger charge is 2.33. The van der Waals surface area contributed by atoms with Crippen molar-refractivity contribution in [3.05, 3.63) is 48.6 Å². The van der Waals surface area contributed by atoms with E-state index in [1.165, 1.54) is 11.0 Å². The van der Waals surface area contributed by atoms with Crippen LogP contribution < -0.4 is 0 Å². The minimum absolute atomic E-state index is 0.110. The van der Waals surface area contributed by atoms with Gasteiger partial charge in [0.05, 0.1) is 12.5 Å². The van der Waals surface area contributed by atoms with E-state index in [0.29, 0.717) is 13.0 Å². The number of benzene rings is 1. The average Bonchev–Trinajstić information content (AvgIpc) is 2.64. The molecule has 0 aliphatic carbocycles. The fraction of sp³-hybridized carbons (Fsp3) is 0.500. The van der Waals surface area contributed by atoms with Gasteiger partial charge < -0.3 is 14.7 Å². The molecule has 1 amide bonds. The zero-order valence-electron chi connectivity index (χ0n) is 17.0.